The molecule has 0 saturated carbocycles. The first-order chi connectivity index (χ1) is 8.13. The molecule has 2 rings (SSSR count). The van der Waals surface area contributed by atoms with E-state index in [4.69, 9.17) is 10.5 Å². The Kier molecular flexibility index (Phi) is 2.92. The molecule has 0 saturated heterocycles. The second-order valence-electron chi connectivity index (χ2n) is 3.18. The lowest BCUT2D eigenvalue weighted by Crippen LogP contribution is -2.10. The summed E-state index contributed by atoms with van der Waals surface area (Å²) in [6.07, 6.45) is 0. The van der Waals surface area contributed by atoms with Crippen molar-refractivity contribution >= 4 is 17.2 Å². The molecule has 3 N–H and O–H groups in total. The molecule has 0 bridgehead atoms. The quantitative estimate of drug-likeness (QED) is 0.834. The Hall–Kier alpha value is -2.15. The predicted octanol–water partition coefficient (Wildman–Crippen LogP) is 0.606. The third kappa shape index (κ3) is 2.04. The Bertz CT molecular complexity index is 597. The van der Waals surface area contributed by atoms with Crippen molar-refractivity contribution in [2.45, 2.75) is 0 Å². The summed E-state index contributed by atoms with van der Waals surface area (Å²) in [5.41, 5.74) is 6.07. The fraction of sp³-hybridized carbons (Fsp3) is 0.100. The average molecular weight is 251 g/mol. The van der Waals surface area contributed by atoms with Gasteiger partial charge in [-0.15, -0.1) is 11.3 Å². The van der Waals surface area contributed by atoms with Crippen molar-refractivity contribution in [3.8, 4) is 17.0 Å². The first-order valence-corrected chi connectivity index (χ1v) is 5.53. The summed E-state index contributed by atoms with van der Waals surface area (Å²) in [7, 11) is 1.45. The molecule has 17 heavy (non-hydrogen) atoms. The van der Waals surface area contributed by atoms with Crippen LogP contribution in [-0.4, -0.2) is 23.2 Å². The summed E-state index contributed by atoms with van der Waals surface area (Å²) >= 11 is 1.18. The van der Waals surface area contributed by atoms with Crippen molar-refractivity contribution in [1.82, 2.24) is 10.2 Å². The van der Waals surface area contributed by atoms with Crippen molar-refractivity contribution in [1.29, 1.82) is 0 Å². The van der Waals surface area contributed by atoms with Gasteiger partial charge in [0.25, 0.3) is 11.5 Å². The topological polar surface area (TPSA) is 98.1 Å². The fourth-order valence-corrected chi connectivity index (χ4v) is 2.27. The summed E-state index contributed by atoms with van der Waals surface area (Å²) in [6.45, 7) is 0. The monoisotopic (exact) mass is 251 g/mol. The van der Waals surface area contributed by atoms with E-state index in [1.165, 1.54) is 24.5 Å². The number of hydrogen-bond donors (Lipinski definition) is 2. The molecule has 7 heteroatoms. The van der Waals surface area contributed by atoms with Crippen LogP contribution in [0.3, 0.4) is 0 Å². The Labute approximate surface area is 100 Å². The number of thiophene rings is 1. The highest BCUT2D eigenvalue weighted by atomic mass is 32.1. The lowest BCUT2D eigenvalue weighted by molar-refractivity contribution is 0.100. The molecule has 0 fully saturated rings. The van der Waals surface area contributed by atoms with Gasteiger partial charge in [-0.3, -0.25) is 9.59 Å². The van der Waals surface area contributed by atoms with Gasteiger partial charge in [-0.05, 0) is 6.07 Å². The van der Waals surface area contributed by atoms with Gasteiger partial charge >= 0.3 is 0 Å². The lowest BCUT2D eigenvalue weighted by Gasteiger charge is -2.03. The molecule has 2 aromatic heterocycles. The number of rotatable bonds is 3. The average Bonchev–Trinajstić information content (AvgIpc) is 2.73. The van der Waals surface area contributed by atoms with E-state index >= 15 is 0 Å². The second kappa shape index (κ2) is 4.38. The lowest BCUT2D eigenvalue weighted by atomic mass is 10.2. The van der Waals surface area contributed by atoms with E-state index < -0.39 is 5.91 Å². The number of carbonyl (C=O) groups excluding carboxylic acids is 1. The number of nitrogens with two attached hydrogens (primary N) is 1. The fourth-order valence-electron chi connectivity index (χ4n) is 1.39. The normalized spacial score (nSPS) is 10.2. The van der Waals surface area contributed by atoms with Crippen LogP contribution < -0.4 is 16.0 Å². The molecule has 0 unspecified atom stereocenters. The molecule has 0 aromatic carbocycles. The van der Waals surface area contributed by atoms with E-state index in [0.29, 0.717) is 21.9 Å². The van der Waals surface area contributed by atoms with E-state index in [9.17, 15) is 9.59 Å². The maximum atomic E-state index is 11.2. The minimum atomic E-state index is -0.553. The molecule has 1 amide bonds. The van der Waals surface area contributed by atoms with E-state index in [1.54, 1.807) is 11.4 Å². The van der Waals surface area contributed by atoms with Gasteiger partial charge in [0.15, 0.2) is 5.75 Å². The summed E-state index contributed by atoms with van der Waals surface area (Å²) in [4.78, 5) is 22.4. The number of primary amides is 1. The number of carbonyl (C=O) groups is 1. The number of amides is 1. The van der Waals surface area contributed by atoms with Crippen LogP contribution in [0.5, 0.6) is 5.75 Å². The van der Waals surface area contributed by atoms with Crippen molar-refractivity contribution < 1.29 is 9.53 Å². The number of hydrogen-bond acceptors (Lipinski definition) is 5. The van der Waals surface area contributed by atoms with Crippen LogP contribution >= 0.6 is 11.3 Å². The van der Waals surface area contributed by atoms with Gasteiger partial charge in [-0.25, -0.2) is 5.10 Å². The summed E-state index contributed by atoms with van der Waals surface area (Å²) in [6, 6.07) is 2.90. The summed E-state index contributed by atoms with van der Waals surface area (Å²) in [5, 5.41) is 7.89. The van der Waals surface area contributed by atoms with Crippen molar-refractivity contribution in [2.24, 2.45) is 5.73 Å². The molecule has 0 spiro atoms. The molecule has 0 aliphatic heterocycles. The molecule has 6 nitrogen and oxygen atoms in total. The zero-order valence-corrected chi connectivity index (χ0v) is 9.71. The van der Waals surface area contributed by atoms with Crippen LogP contribution in [0.15, 0.2) is 22.3 Å². The van der Waals surface area contributed by atoms with Gasteiger partial charge in [-0.2, -0.15) is 5.10 Å². The third-order valence-corrected chi connectivity index (χ3v) is 3.10. The Morgan fingerprint density at radius 2 is 2.29 bits per heavy atom. The van der Waals surface area contributed by atoms with Gasteiger partial charge in [0, 0.05) is 11.4 Å². The number of methoxy groups -OCH3 is 1. The van der Waals surface area contributed by atoms with Gasteiger partial charge in [0.1, 0.15) is 4.88 Å². The van der Waals surface area contributed by atoms with Crippen LogP contribution in [-0.2, 0) is 0 Å². The molecular weight excluding hydrogens is 242 g/mol. The molecule has 0 aliphatic carbocycles. The number of ether oxygens (including phenoxy) is 1. The first kappa shape index (κ1) is 11.3. The molecule has 0 radical (unpaired) electrons. The zero-order chi connectivity index (χ0) is 12.4. The molecule has 0 atom stereocenters. The van der Waals surface area contributed by atoms with Gasteiger partial charge in [0.2, 0.25) is 0 Å². The van der Waals surface area contributed by atoms with E-state index in [-0.39, 0.29) is 5.56 Å². The van der Waals surface area contributed by atoms with Crippen LogP contribution in [0.4, 0.5) is 0 Å². The minimum absolute atomic E-state index is 0.293. The number of aromatic amines is 1. The smallest absolute Gasteiger partial charge is 0.264 e. The molecular formula is C10H9N3O3S. The van der Waals surface area contributed by atoms with Crippen molar-refractivity contribution in [3.05, 3.63) is 32.7 Å². The molecule has 2 heterocycles. The zero-order valence-electron chi connectivity index (χ0n) is 8.89. The molecule has 88 valence electrons. The molecule has 2 aromatic rings. The number of nitrogens with one attached hydrogen (secondary N) is 1. The standard InChI is InChI=1S/C10H9N3O3S/c1-16-8-5(4-17-9(8)10(11)15)6-2-3-7(14)13-12-6/h2-4H,1H3,(H2,11,15)(H,13,14). The highest BCUT2D eigenvalue weighted by Crippen LogP contribution is 2.36. The van der Waals surface area contributed by atoms with E-state index in [1.807, 2.05) is 0 Å². The van der Waals surface area contributed by atoms with Crippen molar-refractivity contribution in [3.63, 3.8) is 0 Å². The number of H-pyrrole nitrogens is 1. The highest BCUT2D eigenvalue weighted by molar-refractivity contribution is 7.13. The SMILES string of the molecule is COc1c(-c2ccc(=O)[nH]n2)csc1C(N)=O. The first-order valence-electron chi connectivity index (χ1n) is 4.65. The third-order valence-electron chi connectivity index (χ3n) is 2.13. The minimum Gasteiger partial charge on any atom is -0.494 e. The highest BCUT2D eigenvalue weighted by Gasteiger charge is 2.18. The second-order valence-corrected chi connectivity index (χ2v) is 4.06. The van der Waals surface area contributed by atoms with Crippen LogP contribution in [0.1, 0.15) is 9.67 Å². The van der Waals surface area contributed by atoms with Gasteiger partial charge < -0.3 is 10.5 Å². The molecule has 0 aliphatic rings. The Morgan fingerprint density at radius 1 is 1.53 bits per heavy atom. The van der Waals surface area contributed by atoms with Crippen LogP contribution in [0.2, 0.25) is 0 Å². The summed E-state index contributed by atoms with van der Waals surface area (Å²) < 4.78 is 5.14. The Morgan fingerprint density at radius 3 is 2.82 bits per heavy atom. The Balaban J connectivity index is 2.56. The van der Waals surface area contributed by atoms with Gasteiger partial charge in [-0.1, -0.05) is 0 Å². The summed E-state index contributed by atoms with van der Waals surface area (Å²) in [5.74, 6) is -0.176. The van der Waals surface area contributed by atoms with Crippen LogP contribution in [0, 0.1) is 0 Å². The van der Waals surface area contributed by atoms with E-state index in [0.717, 1.165) is 0 Å². The number of aromatic nitrogens is 2. The maximum absolute atomic E-state index is 11.2. The number of nitrogens with zero attached hydrogens (tertiary/aromatic N) is 1. The van der Waals surface area contributed by atoms with Crippen molar-refractivity contribution in [2.75, 3.05) is 7.11 Å². The van der Waals surface area contributed by atoms with Gasteiger partial charge in [0.05, 0.1) is 18.4 Å². The maximum Gasteiger partial charge on any atom is 0.264 e. The largest absolute Gasteiger partial charge is 0.494 e. The predicted molar refractivity (Wildman–Crippen MR) is 63.2 cm³/mol. The van der Waals surface area contributed by atoms with E-state index in [2.05, 4.69) is 10.2 Å². The van der Waals surface area contributed by atoms with Crippen LogP contribution in [0.25, 0.3) is 11.3 Å².